The molecule has 0 radical (unpaired) electrons. The van der Waals surface area contributed by atoms with Crippen LogP contribution in [0.25, 0.3) is 0 Å². The molecular weight excluding hydrogens is 215 g/mol. The van der Waals surface area contributed by atoms with Crippen molar-refractivity contribution in [2.24, 2.45) is 11.7 Å². The lowest BCUT2D eigenvalue weighted by atomic mass is 9.82. The number of rotatable bonds is 8. The Bertz CT molecular complexity index is 236. The highest BCUT2D eigenvalue weighted by Crippen LogP contribution is 2.12. The van der Waals surface area contributed by atoms with Gasteiger partial charge in [0.15, 0.2) is 0 Å². The highest BCUT2D eigenvalue weighted by atomic mass is 16.4. The summed E-state index contributed by atoms with van der Waals surface area (Å²) in [4.78, 5) is 21.0. The van der Waals surface area contributed by atoms with Crippen molar-refractivity contribution < 1.29 is 24.7 Å². The number of urea groups is 1. The van der Waals surface area contributed by atoms with Gasteiger partial charge in [0.05, 0.1) is 0 Å². The average Bonchev–Trinajstić information content (AvgIpc) is 2.12. The Kier molecular flexibility index (Phi) is 7.31. The molecule has 92 valence electrons. The molecule has 0 aliphatic carbocycles. The summed E-state index contributed by atoms with van der Waals surface area (Å²) in [5, 5.41) is 28.2. The SMILES string of the molecule is NC(=O)NC[C@@H](CCCB(O)O)CC(=O)O. The number of nitrogens with two attached hydrogens (primary N) is 1. The van der Waals surface area contributed by atoms with Crippen molar-refractivity contribution in [3.8, 4) is 0 Å². The second kappa shape index (κ2) is 7.94. The Balaban J connectivity index is 3.89. The minimum atomic E-state index is -1.38. The lowest BCUT2D eigenvalue weighted by Crippen LogP contribution is -2.34. The number of carboxylic acids is 1. The quantitative estimate of drug-likeness (QED) is 0.342. The van der Waals surface area contributed by atoms with Gasteiger partial charge in [-0.15, -0.1) is 0 Å². The Morgan fingerprint density at radius 2 is 2.00 bits per heavy atom. The number of hydrogen-bond acceptors (Lipinski definition) is 4. The smallest absolute Gasteiger partial charge is 0.451 e. The molecule has 0 saturated heterocycles. The van der Waals surface area contributed by atoms with Crippen LogP contribution in [0.15, 0.2) is 0 Å². The number of hydrogen-bond donors (Lipinski definition) is 5. The van der Waals surface area contributed by atoms with E-state index in [1.54, 1.807) is 0 Å². The fourth-order valence-electron chi connectivity index (χ4n) is 1.36. The number of carboxylic acid groups (broad SMARTS) is 1. The van der Waals surface area contributed by atoms with Crippen LogP contribution < -0.4 is 11.1 Å². The van der Waals surface area contributed by atoms with Gasteiger partial charge in [-0.1, -0.05) is 6.42 Å². The van der Waals surface area contributed by atoms with Gasteiger partial charge in [-0.05, 0) is 18.7 Å². The van der Waals surface area contributed by atoms with Crippen LogP contribution in [0.4, 0.5) is 4.79 Å². The molecule has 0 rings (SSSR count). The third-order valence-corrected chi connectivity index (χ3v) is 2.10. The summed E-state index contributed by atoms with van der Waals surface area (Å²) in [6.07, 6.45) is 1.08. The maximum atomic E-state index is 10.5. The normalized spacial score (nSPS) is 11.9. The van der Waals surface area contributed by atoms with Crippen molar-refractivity contribution in [3.05, 3.63) is 0 Å². The first-order chi connectivity index (χ1) is 7.41. The zero-order chi connectivity index (χ0) is 12.6. The van der Waals surface area contributed by atoms with E-state index in [2.05, 4.69) is 5.32 Å². The van der Waals surface area contributed by atoms with Gasteiger partial charge in [0, 0.05) is 13.0 Å². The Hall–Kier alpha value is -1.28. The maximum Gasteiger partial charge on any atom is 0.451 e. The first-order valence-electron chi connectivity index (χ1n) is 5.03. The summed E-state index contributed by atoms with van der Waals surface area (Å²) in [6.45, 7) is 0.184. The molecule has 0 aromatic heterocycles. The van der Waals surface area contributed by atoms with E-state index in [1.807, 2.05) is 0 Å². The van der Waals surface area contributed by atoms with Crippen molar-refractivity contribution >= 4 is 19.1 Å². The summed E-state index contributed by atoms with van der Waals surface area (Å²) in [5.74, 6) is -1.20. The number of amides is 2. The van der Waals surface area contributed by atoms with Gasteiger partial charge in [0.2, 0.25) is 0 Å². The van der Waals surface area contributed by atoms with Gasteiger partial charge in [0.1, 0.15) is 0 Å². The molecule has 2 amide bonds. The summed E-state index contributed by atoms with van der Waals surface area (Å²) in [5.41, 5.74) is 4.87. The minimum Gasteiger partial charge on any atom is -0.481 e. The predicted octanol–water partition coefficient (Wildman–Crippen LogP) is -1.00. The van der Waals surface area contributed by atoms with Crippen LogP contribution in [0, 0.1) is 5.92 Å². The zero-order valence-corrected chi connectivity index (χ0v) is 8.93. The van der Waals surface area contributed by atoms with Crippen LogP contribution in [0.5, 0.6) is 0 Å². The maximum absolute atomic E-state index is 10.5. The standard InChI is InChI=1S/C8H17BN2O5/c10-8(14)11-5-6(4-7(12)13)2-1-3-9(15)16/h6,15-16H,1-5H2,(H,12,13)(H3,10,11,14)/t6-/m0/s1. The molecule has 0 heterocycles. The fraction of sp³-hybridized carbons (Fsp3) is 0.750. The van der Waals surface area contributed by atoms with E-state index in [0.29, 0.717) is 12.8 Å². The predicted molar refractivity (Wildman–Crippen MR) is 57.6 cm³/mol. The van der Waals surface area contributed by atoms with Crippen molar-refractivity contribution in [1.82, 2.24) is 5.32 Å². The number of carbonyl (C=O) groups is 2. The molecule has 0 aliphatic heterocycles. The van der Waals surface area contributed by atoms with E-state index in [1.165, 1.54) is 0 Å². The van der Waals surface area contributed by atoms with Crippen LogP contribution in [0.3, 0.4) is 0 Å². The molecule has 0 saturated carbocycles. The zero-order valence-electron chi connectivity index (χ0n) is 8.93. The Morgan fingerprint density at radius 3 is 2.44 bits per heavy atom. The highest BCUT2D eigenvalue weighted by Gasteiger charge is 2.15. The van der Waals surface area contributed by atoms with Crippen LogP contribution in [0.1, 0.15) is 19.3 Å². The van der Waals surface area contributed by atoms with E-state index >= 15 is 0 Å². The molecular formula is C8H17BN2O5. The number of primary amides is 1. The molecule has 1 atom stereocenters. The fourth-order valence-corrected chi connectivity index (χ4v) is 1.36. The van der Waals surface area contributed by atoms with E-state index in [4.69, 9.17) is 20.9 Å². The topological polar surface area (TPSA) is 133 Å². The molecule has 8 heteroatoms. The van der Waals surface area contributed by atoms with Crippen molar-refractivity contribution in [3.63, 3.8) is 0 Å². The average molecular weight is 232 g/mol. The molecule has 0 spiro atoms. The largest absolute Gasteiger partial charge is 0.481 e. The molecule has 0 bridgehead atoms. The van der Waals surface area contributed by atoms with Crippen LogP contribution in [-0.2, 0) is 4.79 Å². The summed E-state index contributed by atoms with van der Waals surface area (Å²) in [6, 6.07) is -0.697. The van der Waals surface area contributed by atoms with Crippen LogP contribution >= 0.6 is 0 Å². The van der Waals surface area contributed by atoms with Crippen LogP contribution in [-0.4, -0.2) is 40.8 Å². The van der Waals surface area contributed by atoms with Gasteiger partial charge < -0.3 is 26.2 Å². The van der Waals surface area contributed by atoms with Crippen molar-refractivity contribution in [1.29, 1.82) is 0 Å². The van der Waals surface area contributed by atoms with Gasteiger partial charge in [-0.2, -0.15) is 0 Å². The van der Waals surface area contributed by atoms with E-state index in [0.717, 1.165) is 0 Å². The third-order valence-electron chi connectivity index (χ3n) is 2.10. The number of aliphatic carboxylic acids is 1. The Labute approximate surface area is 93.8 Å². The lowest BCUT2D eigenvalue weighted by Gasteiger charge is -2.14. The molecule has 16 heavy (non-hydrogen) atoms. The number of nitrogens with one attached hydrogen (secondary N) is 1. The number of carbonyl (C=O) groups excluding carboxylic acids is 1. The molecule has 0 aromatic carbocycles. The van der Waals surface area contributed by atoms with Crippen molar-refractivity contribution in [2.75, 3.05) is 6.54 Å². The molecule has 0 aliphatic rings. The molecule has 6 N–H and O–H groups in total. The van der Waals surface area contributed by atoms with E-state index < -0.39 is 19.1 Å². The second-order valence-corrected chi connectivity index (χ2v) is 3.62. The summed E-state index contributed by atoms with van der Waals surface area (Å²) in [7, 11) is -1.38. The third kappa shape index (κ3) is 9.29. The van der Waals surface area contributed by atoms with Gasteiger partial charge in [0.25, 0.3) is 0 Å². The van der Waals surface area contributed by atoms with Crippen molar-refractivity contribution in [2.45, 2.75) is 25.6 Å². The monoisotopic (exact) mass is 232 g/mol. The molecule has 0 fully saturated rings. The summed E-state index contributed by atoms with van der Waals surface area (Å²) >= 11 is 0. The van der Waals surface area contributed by atoms with Gasteiger partial charge in [-0.25, -0.2) is 4.79 Å². The van der Waals surface area contributed by atoms with E-state index in [9.17, 15) is 9.59 Å². The Morgan fingerprint density at radius 1 is 1.38 bits per heavy atom. The second-order valence-electron chi connectivity index (χ2n) is 3.62. The molecule has 0 unspecified atom stereocenters. The van der Waals surface area contributed by atoms with Gasteiger partial charge in [-0.3, -0.25) is 4.79 Å². The molecule has 7 nitrogen and oxygen atoms in total. The van der Waals surface area contributed by atoms with Gasteiger partial charge >= 0.3 is 19.1 Å². The first-order valence-corrected chi connectivity index (χ1v) is 5.03. The summed E-state index contributed by atoms with van der Waals surface area (Å²) < 4.78 is 0. The molecule has 0 aromatic rings. The highest BCUT2D eigenvalue weighted by molar-refractivity contribution is 6.40. The first kappa shape index (κ1) is 14.7. The van der Waals surface area contributed by atoms with E-state index in [-0.39, 0.29) is 25.2 Å². The minimum absolute atomic E-state index is 0.0815. The van der Waals surface area contributed by atoms with Crippen LogP contribution in [0.2, 0.25) is 6.32 Å². The lowest BCUT2D eigenvalue weighted by molar-refractivity contribution is -0.138.